The van der Waals surface area contributed by atoms with Gasteiger partial charge in [0.2, 0.25) is 0 Å². The highest BCUT2D eigenvalue weighted by Gasteiger charge is 2.28. The summed E-state index contributed by atoms with van der Waals surface area (Å²) in [6.07, 6.45) is 0. The number of piperazine rings is 1. The van der Waals surface area contributed by atoms with Gasteiger partial charge in [-0.15, -0.1) is 11.3 Å². The van der Waals surface area contributed by atoms with Crippen LogP contribution >= 0.6 is 27.3 Å². The average molecular weight is 332 g/mol. The number of nitrogens with two attached hydrogens (primary N) is 1. The molecule has 0 amide bonds. The first-order valence-electron chi connectivity index (χ1n) is 6.57. The minimum Gasteiger partial charge on any atom is -0.326 e. The second-order valence-corrected chi connectivity index (χ2v) is 6.80. The summed E-state index contributed by atoms with van der Waals surface area (Å²) in [6, 6.07) is 2.74. The van der Waals surface area contributed by atoms with Crippen molar-refractivity contribution in [2.24, 2.45) is 5.73 Å². The van der Waals surface area contributed by atoms with Crippen molar-refractivity contribution >= 4 is 27.3 Å². The van der Waals surface area contributed by atoms with Crippen LogP contribution in [0.1, 0.15) is 24.8 Å². The van der Waals surface area contributed by atoms with Crippen LogP contribution in [0.4, 0.5) is 0 Å². The van der Waals surface area contributed by atoms with Gasteiger partial charge < -0.3 is 10.6 Å². The Labute approximate surface area is 122 Å². The number of nitrogens with zero attached hydrogens (tertiary/aromatic N) is 2. The molecular formula is C13H22BrN3S. The Bertz CT molecular complexity index is 372. The quantitative estimate of drug-likeness (QED) is 0.920. The summed E-state index contributed by atoms with van der Waals surface area (Å²) in [5.74, 6) is 0. The summed E-state index contributed by atoms with van der Waals surface area (Å²) >= 11 is 5.34. The molecule has 2 heterocycles. The van der Waals surface area contributed by atoms with Crippen molar-refractivity contribution < 1.29 is 0 Å². The van der Waals surface area contributed by atoms with Crippen molar-refractivity contribution in [3.8, 4) is 0 Å². The van der Waals surface area contributed by atoms with Gasteiger partial charge >= 0.3 is 0 Å². The van der Waals surface area contributed by atoms with Gasteiger partial charge in [-0.2, -0.15) is 0 Å². The summed E-state index contributed by atoms with van der Waals surface area (Å²) in [4.78, 5) is 6.41. The molecule has 0 spiro atoms. The van der Waals surface area contributed by atoms with Gasteiger partial charge in [0.05, 0.1) is 6.04 Å². The minimum absolute atomic E-state index is 0.170. The number of likely N-dealkylation sites (N-methyl/N-ethyl adjacent to an activating group) is 1. The van der Waals surface area contributed by atoms with Gasteiger partial charge in [-0.05, 0) is 35.5 Å². The molecule has 0 radical (unpaired) electrons. The van der Waals surface area contributed by atoms with E-state index in [1.807, 2.05) is 0 Å². The van der Waals surface area contributed by atoms with E-state index in [-0.39, 0.29) is 6.04 Å². The summed E-state index contributed by atoms with van der Waals surface area (Å²) in [6.45, 7) is 10.1. The number of thiophene rings is 1. The van der Waals surface area contributed by atoms with Gasteiger partial charge in [0.1, 0.15) is 0 Å². The molecule has 1 saturated heterocycles. The first kappa shape index (κ1) is 14.5. The van der Waals surface area contributed by atoms with E-state index in [2.05, 4.69) is 51.0 Å². The molecule has 2 unspecified atom stereocenters. The molecule has 0 saturated carbocycles. The van der Waals surface area contributed by atoms with Crippen molar-refractivity contribution in [3.05, 3.63) is 20.8 Å². The highest BCUT2D eigenvalue weighted by Crippen LogP contribution is 2.31. The van der Waals surface area contributed by atoms with Gasteiger partial charge in [-0.1, -0.05) is 6.92 Å². The molecule has 2 N–H and O–H groups in total. The molecular weight excluding hydrogens is 310 g/mol. The molecule has 1 aliphatic heterocycles. The van der Waals surface area contributed by atoms with Gasteiger partial charge in [-0.3, -0.25) is 4.90 Å². The third-order valence-electron chi connectivity index (χ3n) is 3.62. The van der Waals surface area contributed by atoms with Crippen molar-refractivity contribution in [2.45, 2.75) is 25.9 Å². The molecule has 1 aromatic rings. The van der Waals surface area contributed by atoms with Crippen LogP contribution in [0, 0.1) is 0 Å². The van der Waals surface area contributed by atoms with Crippen molar-refractivity contribution in [3.63, 3.8) is 0 Å². The fourth-order valence-electron chi connectivity index (χ4n) is 2.61. The van der Waals surface area contributed by atoms with Crippen molar-refractivity contribution in [1.82, 2.24) is 9.80 Å². The Morgan fingerprint density at radius 3 is 2.50 bits per heavy atom. The number of halogens is 1. The van der Waals surface area contributed by atoms with Crippen LogP contribution in [0.5, 0.6) is 0 Å². The van der Waals surface area contributed by atoms with Gasteiger partial charge in [0.15, 0.2) is 0 Å². The van der Waals surface area contributed by atoms with E-state index in [0.29, 0.717) is 6.04 Å². The lowest BCUT2D eigenvalue weighted by Gasteiger charge is -2.40. The van der Waals surface area contributed by atoms with Crippen LogP contribution in [0.3, 0.4) is 0 Å². The standard InChI is InChI=1S/C13H22BrN3S/c1-3-16-4-6-17(7-5-16)13(10(2)15)12-8-11(14)9-18-12/h8-10,13H,3-7,15H2,1-2H3. The topological polar surface area (TPSA) is 32.5 Å². The largest absolute Gasteiger partial charge is 0.326 e. The normalized spacial score (nSPS) is 22.0. The lowest BCUT2D eigenvalue weighted by molar-refractivity contribution is 0.0913. The Kier molecular flexibility index (Phi) is 5.21. The third kappa shape index (κ3) is 3.33. The van der Waals surface area contributed by atoms with Gasteiger partial charge in [-0.25, -0.2) is 0 Å². The second kappa shape index (κ2) is 6.48. The molecule has 2 atom stereocenters. The third-order valence-corrected chi connectivity index (χ3v) is 5.39. The Morgan fingerprint density at radius 2 is 2.06 bits per heavy atom. The smallest absolute Gasteiger partial charge is 0.0592 e. The lowest BCUT2D eigenvalue weighted by Crippen LogP contribution is -2.50. The van der Waals surface area contributed by atoms with E-state index >= 15 is 0 Å². The fraction of sp³-hybridized carbons (Fsp3) is 0.692. The zero-order valence-electron chi connectivity index (χ0n) is 11.1. The predicted molar refractivity (Wildman–Crippen MR) is 82.1 cm³/mol. The molecule has 2 rings (SSSR count). The van der Waals surface area contributed by atoms with E-state index in [4.69, 9.17) is 5.73 Å². The molecule has 3 nitrogen and oxygen atoms in total. The average Bonchev–Trinajstić information content (AvgIpc) is 2.76. The zero-order valence-corrected chi connectivity index (χ0v) is 13.5. The van der Waals surface area contributed by atoms with Crippen LogP contribution in [0.2, 0.25) is 0 Å². The van der Waals surface area contributed by atoms with Crippen LogP contribution in [-0.2, 0) is 0 Å². The Hall–Kier alpha value is 0.0600. The maximum Gasteiger partial charge on any atom is 0.0592 e. The highest BCUT2D eigenvalue weighted by molar-refractivity contribution is 9.10. The Balaban J connectivity index is 2.07. The summed E-state index contributed by atoms with van der Waals surface area (Å²) < 4.78 is 1.17. The first-order valence-corrected chi connectivity index (χ1v) is 8.25. The highest BCUT2D eigenvalue weighted by atomic mass is 79.9. The molecule has 0 aliphatic carbocycles. The monoisotopic (exact) mass is 331 g/mol. The summed E-state index contributed by atoms with van der Waals surface area (Å²) in [7, 11) is 0. The molecule has 102 valence electrons. The fourth-order valence-corrected chi connectivity index (χ4v) is 4.31. The lowest BCUT2D eigenvalue weighted by atomic mass is 10.1. The van der Waals surface area contributed by atoms with Crippen molar-refractivity contribution in [2.75, 3.05) is 32.7 Å². The molecule has 0 bridgehead atoms. The van der Waals surface area contributed by atoms with E-state index in [9.17, 15) is 0 Å². The molecule has 1 aliphatic rings. The van der Waals surface area contributed by atoms with Crippen LogP contribution < -0.4 is 5.73 Å². The van der Waals surface area contributed by atoms with E-state index in [1.165, 1.54) is 9.35 Å². The minimum atomic E-state index is 0.170. The number of hydrogen-bond donors (Lipinski definition) is 1. The van der Waals surface area contributed by atoms with Gasteiger partial charge in [0.25, 0.3) is 0 Å². The van der Waals surface area contributed by atoms with E-state index in [1.54, 1.807) is 11.3 Å². The predicted octanol–water partition coefficient (Wildman–Crippen LogP) is 2.54. The number of hydrogen-bond acceptors (Lipinski definition) is 4. The Morgan fingerprint density at radius 1 is 1.39 bits per heavy atom. The first-order chi connectivity index (χ1) is 8.61. The summed E-state index contributed by atoms with van der Waals surface area (Å²) in [5.41, 5.74) is 6.21. The zero-order chi connectivity index (χ0) is 13.1. The maximum absolute atomic E-state index is 6.21. The number of rotatable bonds is 4. The van der Waals surface area contributed by atoms with E-state index in [0.717, 1.165) is 32.7 Å². The molecule has 1 fully saturated rings. The SMILES string of the molecule is CCN1CCN(C(c2cc(Br)cs2)C(C)N)CC1. The molecule has 0 aromatic carbocycles. The van der Waals surface area contributed by atoms with Crippen molar-refractivity contribution in [1.29, 1.82) is 0 Å². The maximum atomic E-state index is 6.21. The molecule has 5 heteroatoms. The van der Waals surface area contributed by atoms with Crippen LogP contribution in [0.25, 0.3) is 0 Å². The van der Waals surface area contributed by atoms with E-state index < -0.39 is 0 Å². The van der Waals surface area contributed by atoms with Crippen LogP contribution in [-0.4, -0.2) is 48.6 Å². The molecule has 18 heavy (non-hydrogen) atoms. The van der Waals surface area contributed by atoms with Crippen LogP contribution in [0.15, 0.2) is 15.9 Å². The second-order valence-electron chi connectivity index (χ2n) is 4.94. The molecule has 1 aromatic heterocycles. The summed E-state index contributed by atoms with van der Waals surface area (Å²) in [5, 5.41) is 2.15. The van der Waals surface area contributed by atoms with Gasteiger partial charge in [0, 0.05) is 47.0 Å².